The van der Waals surface area contributed by atoms with Crippen molar-refractivity contribution in [2.75, 3.05) is 6.61 Å². The molecule has 0 saturated carbocycles. The SMILES string of the molecule is CC1(C)O[C@H]2[C@H](n3ccc4c(Cl)ncnc43)O[C@H](C(=O)O)[C@@]2(C)O1.CC1(C)O[C@H]2[C@H](n3ccc4c(Cl)ncnc43)O[C@H](CO)[C@@]2(C)O1. The molecular formula is C30H34Cl2N6O9. The molecule has 0 radical (unpaired) electrons. The predicted octanol–water partition coefficient (Wildman–Crippen LogP) is 3.86. The Hall–Kier alpha value is -2.99. The molecule has 0 unspecified atom stereocenters. The number of fused-ring (bicyclic) bond motifs is 4. The van der Waals surface area contributed by atoms with Crippen molar-refractivity contribution in [3.8, 4) is 0 Å². The Morgan fingerprint density at radius 3 is 1.74 bits per heavy atom. The minimum atomic E-state index is -1.16. The van der Waals surface area contributed by atoms with Gasteiger partial charge in [0.05, 0.1) is 17.4 Å². The quantitative estimate of drug-likeness (QED) is 0.295. The van der Waals surface area contributed by atoms with Crippen LogP contribution in [0.3, 0.4) is 0 Å². The van der Waals surface area contributed by atoms with Crippen molar-refractivity contribution >= 4 is 51.2 Å². The summed E-state index contributed by atoms with van der Waals surface area (Å²) < 4.78 is 39.4. The van der Waals surface area contributed by atoms with E-state index >= 15 is 0 Å². The third-order valence-electron chi connectivity index (χ3n) is 9.00. The van der Waals surface area contributed by atoms with Gasteiger partial charge in [0.25, 0.3) is 0 Å². The lowest BCUT2D eigenvalue weighted by Crippen LogP contribution is -2.47. The molecule has 0 spiro atoms. The smallest absolute Gasteiger partial charge is 0.336 e. The molecule has 0 amide bonds. The first-order valence-electron chi connectivity index (χ1n) is 14.9. The minimum absolute atomic E-state index is 0.155. The van der Waals surface area contributed by atoms with E-state index in [4.69, 9.17) is 51.6 Å². The van der Waals surface area contributed by atoms with Gasteiger partial charge in [0.15, 0.2) is 30.1 Å². The molecule has 4 aromatic rings. The third kappa shape index (κ3) is 5.11. The lowest BCUT2D eigenvalue weighted by Gasteiger charge is -2.28. The molecule has 15 nitrogen and oxygen atoms in total. The fourth-order valence-corrected chi connectivity index (χ4v) is 7.55. The van der Waals surface area contributed by atoms with Crippen LogP contribution in [0.15, 0.2) is 37.2 Å². The molecule has 4 fully saturated rings. The maximum Gasteiger partial charge on any atom is 0.336 e. The Balaban J connectivity index is 0.000000150. The summed E-state index contributed by atoms with van der Waals surface area (Å²) in [4.78, 5) is 28.1. The molecule has 17 heteroatoms. The summed E-state index contributed by atoms with van der Waals surface area (Å²) in [6.45, 7) is 10.7. The van der Waals surface area contributed by atoms with E-state index in [-0.39, 0.29) is 12.7 Å². The molecule has 4 saturated heterocycles. The number of aromatic nitrogens is 6. The molecular weight excluding hydrogens is 659 g/mol. The number of ether oxygens (including phenoxy) is 6. The van der Waals surface area contributed by atoms with Gasteiger partial charge in [-0.15, -0.1) is 0 Å². The number of carboxylic acids is 1. The van der Waals surface area contributed by atoms with Crippen molar-refractivity contribution < 1.29 is 43.4 Å². The number of carbonyl (C=O) groups is 1. The highest BCUT2D eigenvalue weighted by Gasteiger charge is 2.67. The van der Waals surface area contributed by atoms with Crippen molar-refractivity contribution in [2.24, 2.45) is 0 Å². The molecule has 8 atom stereocenters. The van der Waals surface area contributed by atoms with Crippen LogP contribution in [0.1, 0.15) is 54.0 Å². The van der Waals surface area contributed by atoms with Crippen molar-refractivity contribution in [1.82, 2.24) is 29.1 Å². The van der Waals surface area contributed by atoms with Crippen molar-refractivity contribution in [3.05, 3.63) is 47.5 Å². The summed E-state index contributed by atoms with van der Waals surface area (Å²) in [7, 11) is 0. The first kappa shape index (κ1) is 32.6. The Morgan fingerprint density at radius 1 is 0.787 bits per heavy atom. The summed E-state index contributed by atoms with van der Waals surface area (Å²) in [5.74, 6) is -2.76. The van der Waals surface area contributed by atoms with Crippen LogP contribution < -0.4 is 0 Å². The highest BCUT2D eigenvalue weighted by Crippen LogP contribution is 2.52. The summed E-state index contributed by atoms with van der Waals surface area (Å²) in [6.07, 6.45) is 2.51. The van der Waals surface area contributed by atoms with E-state index in [0.717, 1.165) is 5.39 Å². The largest absolute Gasteiger partial charge is 0.479 e. The van der Waals surface area contributed by atoms with E-state index in [1.807, 2.05) is 37.6 Å². The molecule has 8 rings (SSSR count). The molecule has 8 heterocycles. The predicted molar refractivity (Wildman–Crippen MR) is 165 cm³/mol. The van der Waals surface area contributed by atoms with Crippen LogP contribution in [0.5, 0.6) is 0 Å². The van der Waals surface area contributed by atoms with Crippen LogP contribution in [-0.2, 0) is 33.2 Å². The average Bonchev–Trinajstić information content (AvgIpc) is 3.79. The lowest BCUT2D eigenvalue weighted by atomic mass is 9.94. The zero-order valence-corrected chi connectivity index (χ0v) is 27.8. The molecule has 2 N–H and O–H groups in total. The highest BCUT2D eigenvalue weighted by molar-refractivity contribution is 6.34. The Bertz CT molecular complexity index is 1870. The highest BCUT2D eigenvalue weighted by atomic mass is 35.5. The van der Waals surface area contributed by atoms with Crippen LogP contribution in [-0.4, -0.2) is 99.1 Å². The molecule has 4 aliphatic heterocycles. The van der Waals surface area contributed by atoms with E-state index in [1.165, 1.54) is 12.7 Å². The van der Waals surface area contributed by atoms with E-state index in [9.17, 15) is 15.0 Å². The lowest BCUT2D eigenvalue weighted by molar-refractivity contribution is -0.215. The number of nitrogens with zero attached hydrogens (tertiary/aromatic N) is 6. The van der Waals surface area contributed by atoms with Crippen molar-refractivity contribution in [2.45, 2.75) is 101 Å². The van der Waals surface area contributed by atoms with Crippen LogP contribution in [0.25, 0.3) is 22.1 Å². The van der Waals surface area contributed by atoms with Crippen LogP contribution in [0, 0.1) is 0 Å². The summed E-state index contributed by atoms with van der Waals surface area (Å²) >= 11 is 12.2. The van der Waals surface area contributed by atoms with Gasteiger partial charge >= 0.3 is 5.97 Å². The van der Waals surface area contributed by atoms with E-state index in [0.29, 0.717) is 27.0 Å². The number of rotatable bonds is 4. The second kappa shape index (κ2) is 11.0. The number of aliphatic hydroxyl groups excluding tert-OH is 1. The average molecular weight is 694 g/mol. The fourth-order valence-electron chi connectivity index (χ4n) is 7.17. The minimum Gasteiger partial charge on any atom is -0.479 e. The maximum absolute atomic E-state index is 11.7. The summed E-state index contributed by atoms with van der Waals surface area (Å²) in [6, 6.07) is 3.60. The third-order valence-corrected chi connectivity index (χ3v) is 9.60. The molecule has 0 bridgehead atoms. The molecule has 4 aromatic heterocycles. The zero-order valence-electron chi connectivity index (χ0n) is 26.3. The number of carboxylic acid groups (broad SMARTS) is 1. The Labute approximate surface area is 278 Å². The normalized spacial score (nSPS) is 35.2. The first-order valence-corrected chi connectivity index (χ1v) is 15.7. The first-order chi connectivity index (χ1) is 22.1. The van der Waals surface area contributed by atoms with Crippen molar-refractivity contribution in [3.63, 3.8) is 0 Å². The zero-order chi connectivity index (χ0) is 33.7. The standard InChI is InChI=1S/C15H16ClN3O5.C15H18ClN3O4/c1-14(2)23-8-12(22-9(13(20)21)15(8,3)24-14)19-5-4-7-10(16)17-6-18-11(7)19;1-14(2)22-10-13(21-9(6-20)15(10,3)23-14)19-5-4-8-11(16)17-7-18-12(8)19/h4-6,8-9,12H,1-3H3,(H,20,21);4-5,7,9-10,13,20H,6H2,1-3H3/t8-,9+,12+,15-;9-,10+,13-,15-/m01/s1. The van der Waals surface area contributed by atoms with Crippen LogP contribution in [0.2, 0.25) is 10.3 Å². The maximum atomic E-state index is 11.7. The van der Waals surface area contributed by atoms with Gasteiger partial charge in [-0.05, 0) is 53.7 Å². The summed E-state index contributed by atoms with van der Waals surface area (Å²) in [5, 5.41) is 21.4. The molecule has 4 aliphatic rings. The molecule has 0 aliphatic carbocycles. The number of aliphatic hydroxyl groups is 1. The van der Waals surface area contributed by atoms with Gasteiger partial charge < -0.3 is 47.8 Å². The fraction of sp³-hybridized carbons (Fsp3) is 0.567. The van der Waals surface area contributed by atoms with Gasteiger partial charge in [-0.2, -0.15) is 0 Å². The topological polar surface area (TPSA) is 174 Å². The monoisotopic (exact) mass is 692 g/mol. The van der Waals surface area contributed by atoms with Gasteiger partial charge in [-0.25, -0.2) is 24.7 Å². The Morgan fingerprint density at radius 2 is 1.26 bits per heavy atom. The summed E-state index contributed by atoms with van der Waals surface area (Å²) in [5.41, 5.74) is -0.657. The van der Waals surface area contributed by atoms with Gasteiger partial charge in [0.2, 0.25) is 0 Å². The number of halogens is 2. The van der Waals surface area contributed by atoms with Gasteiger partial charge in [-0.1, -0.05) is 23.2 Å². The molecule has 252 valence electrons. The van der Waals surface area contributed by atoms with Gasteiger partial charge in [-0.3, -0.25) is 0 Å². The molecule has 47 heavy (non-hydrogen) atoms. The van der Waals surface area contributed by atoms with Crippen LogP contribution in [0.4, 0.5) is 0 Å². The van der Waals surface area contributed by atoms with E-state index < -0.39 is 59.5 Å². The Kier molecular flexibility index (Phi) is 7.63. The number of aliphatic carboxylic acids is 1. The second-order valence-electron chi connectivity index (χ2n) is 13.1. The van der Waals surface area contributed by atoms with Gasteiger partial charge in [0.1, 0.15) is 63.8 Å². The van der Waals surface area contributed by atoms with Gasteiger partial charge in [0, 0.05) is 12.4 Å². The van der Waals surface area contributed by atoms with E-state index in [2.05, 4.69) is 19.9 Å². The number of hydrogen-bond acceptors (Lipinski definition) is 12. The number of hydrogen-bond donors (Lipinski definition) is 2. The second-order valence-corrected chi connectivity index (χ2v) is 13.9. The molecule has 0 aromatic carbocycles. The van der Waals surface area contributed by atoms with E-state index in [1.54, 1.807) is 37.6 Å². The van der Waals surface area contributed by atoms with Crippen molar-refractivity contribution in [1.29, 1.82) is 0 Å². The van der Waals surface area contributed by atoms with Crippen LogP contribution >= 0.6 is 23.2 Å².